The summed E-state index contributed by atoms with van der Waals surface area (Å²) in [6.45, 7) is 4.14. The summed E-state index contributed by atoms with van der Waals surface area (Å²) >= 11 is 6.24. The molecule has 8 heteroatoms. The van der Waals surface area contributed by atoms with Crippen LogP contribution in [0.15, 0.2) is 45.7 Å². The van der Waals surface area contributed by atoms with E-state index in [4.69, 9.17) is 16.0 Å². The summed E-state index contributed by atoms with van der Waals surface area (Å²) in [6, 6.07) is 9.18. The molecule has 0 bridgehead atoms. The molecule has 0 radical (unpaired) electrons. The summed E-state index contributed by atoms with van der Waals surface area (Å²) in [5.74, 6) is 1.08. The standard InChI is InChI=1S/C22H23ClN4O3/c1-14-10-15(2)27(22(29)25-14)13-20(28)26-9-5-8-19(26)21-24-12-17(30-21)11-16-6-3-4-7-18(16)23/h3-4,6-7,10,12,19H,5,8-9,11,13H2,1-2H3/t19-/m0/s1. The van der Waals surface area contributed by atoms with Gasteiger partial charge in [-0.3, -0.25) is 9.36 Å². The summed E-state index contributed by atoms with van der Waals surface area (Å²) < 4.78 is 7.38. The zero-order valence-corrected chi connectivity index (χ0v) is 17.7. The van der Waals surface area contributed by atoms with Crippen molar-refractivity contribution in [1.82, 2.24) is 19.4 Å². The van der Waals surface area contributed by atoms with Crippen LogP contribution >= 0.6 is 11.6 Å². The van der Waals surface area contributed by atoms with Crippen molar-refractivity contribution in [2.75, 3.05) is 6.54 Å². The van der Waals surface area contributed by atoms with Gasteiger partial charge in [0.05, 0.1) is 6.20 Å². The lowest BCUT2D eigenvalue weighted by Gasteiger charge is -2.23. The fourth-order valence-electron chi connectivity index (χ4n) is 3.90. The molecular weight excluding hydrogens is 404 g/mol. The molecule has 0 spiro atoms. The summed E-state index contributed by atoms with van der Waals surface area (Å²) in [5.41, 5.74) is 1.92. The van der Waals surface area contributed by atoms with Gasteiger partial charge < -0.3 is 9.32 Å². The number of carbonyl (C=O) groups is 1. The Kier molecular flexibility index (Phi) is 5.72. The van der Waals surface area contributed by atoms with Gasteiger partial charge in [-0.25, -0.2) is 9.78 Å². The number of benzene rings is 1. The monoisotopic (exact) mass is 426 g/mol. The van der Waals surface area contributed by atoms with Crippen LogP contribution in [-0.4, -0.2) is 31.9 Å². The van der Waals surface area contributed by atoms with E-state index < -0.39 is 5.69 Å². The van der Waals surface area contributed by atoms with E-state index >= 15 is 0 Å². The Bertz CT molecular complexity index is 1140. The van der Waals surface area contributed by atoms with Crippen LogP contribution in [0.5, 0.6) is 0 Å². The van der Waals surface area contributed by atoms with Crippen molar-refractivity contribution in [3.8, 4) is 0 Å². The van der Waals surface area contributed by atoms with Gasteiger partial charge in [0.1, 0.15) is 18.3 Å². The summed E-state index contributed by atoms with van der Waals surface area (Å²) in [6.07, 6.45) is 3.87. The highest BCUT2D eigenvalue weighted by Gasteiger charge is 2.33. The number of carbonyl (C=O) groups excluding carboxylic acids is 1. The first-order chi connectivity index (χ1) is 14.4. The van der Waals surface area contributed by atoms with E-state index in [1.165, 1.54) is 4.57 Å². The Hall–Kier alpha value is -2.93. The van der Waals surface area contributed by atoms with Gasteiger partial charge in [-0.05, 0) is 44.4 Å². The largest absolute Gasteiger partial charge is 0.443 e. The third-order valence-corrected chi connectivity index (χ3v) is 5.76. The highest BCUT2D eigenvalue weighted by atomic mass is 35.5. The zero-order valence-electron chi connectivity index (χ0n) is 17.0. The molecule has 1 aliphatic rings. The van der Waals surface area contributed by atoms with Gasteiger partial charge in [0.2, 0.25) is 11.8 Å². The Balaban J connectivity index is 1.50. The van der Waals surface area contributed by atoms with E-state index in [-0.39, 0.29) is 18.5 Å². The molecule has 2 aromatic heterocycles. The average molecular weight is 427 g/mol. The van der Waals surface area contributed by atoms with Crippen LogP contribution in [0, 0.1) is 13.8 Å². The first-order valence-corrected chi connectivity index (χ1v) is 10.3. The van der Waals surface area contributed by atoms with E-state index in [0.717, 1.165) is 24.1 Å². The van der Waals surface area contributed by atoms with Gasteiger partial charge in [0.25, 0.3) is 0 Å². The molecule has 0 aliphatic carbocycles. The molecule has 3 aromatic rings. The van der Waals surface area contributed by atoms with Crippen molar-refractivity contribution >= 4 is 17.5 Å². The predicted octanol–water partition coefficient (Wildman–Crippen LogP) is 3.46. The molecular formula is C22H23ClN4O3. The second kappa shape index (κ2) is 8.44. The summed E-state index contributed by atoms with van der Waals surface area (Å²) in [5, 5.41) is 0.681. The number of hydrogen-bond acceptors (Lipinski definition) is 5. The number of aromatic nitrogens is 3. The molecule has 3 heterocycles. The van der Waals surface area contributed by atoms with Crippen LogP contribution in [0.25, 0.3) is 0 Å². The molecule has 156 valence electrons. The van der Waals surface area contributed by atoms with Gasteiger partial charge in [-0.2, -0.15) is 4.98 Å². The third kappa shape index (κ3) is 4.16. The van der Waals surface area contributed by atoms with Crippen molar-refractivity contribution < 1.29 is 9.21 Å². The number of amides is 1. The summed E-state index contributed by atoms with van der Waals surface area (Å²) in [4.78, 5) is 35.3. The lowest BCUT2D eigenvalue weighted by atomic mass is 10.1. The second-order valence-electron chi connectivity index (χ2n) is 7.59. The lowest BCUT2D eigenvalue weighted by Crippen LogP contribution is -2.37. The molecule has 4 rings (SSSR count). The van der Waals surface area contributed by atoms with Crippen molar-refractivity contribution in [2.24, 2.45) is 0 Å². The Morgan fingerprint density at radius 1 is 1.30 bits per heavy atom. The maximum atomic E-state index is 13.0. The van der Waals surface area contributed by atoms with Crippen LogP contribution in [0.2, 0.25) is 5.02 Å². The maximum Gasteiger partial charge on any atom is 0.348 e. The van der Waals surface area contributed by atoms with Crippen LogP contribution in [0.4, 0.5) is 0 Å². The van der Waals surface area contributed by atoms with Crippen LogP contribution < -0.4 is 5.69 Å². The van der Waals surface area contributed by atoms with E-state index in [2.05, 4.69) is 9.97 Å². The molecule has 1 aliphatic heterocycles. The molecule has 0 N–H and O–H groups in total. The van der Waals surface area contributed by atoms with Gasteiger partial charge in [0, 0.05) is 29.4 Å². The minimum atomic E-state index is -0.408. The number of rotatable bonds is 5. The topological polar surface area (TPSA) is 81.2 Å². The van der Waals surface area contributed by atoms with Crippen molar-refractivity contribution in [1.29, 1.82) is 0 Å². The third-order valence-electron chi connectivity index (χ3n) is 5.39. The fourth-order valence-corrected chi connectivity index (χ4v) is 4.11. The molecule has 7 nitrogen and oxygen atoms in total. The molecule has 1 saturated heterocycles. The van der Waals surface area contributed by atoms with Crippen molar-refractivity contribution in [3.05, 3.63) is 80.6 Å². The fraction of sp³-hybridized carbons (Fsp3) is 0.364. The molecule has 1 atom stereocenters. The number of likely N-dealkylation sites (tertiary alicyclic amines) is 1. The zero-order chi connectivity index (χ0) is 21.3. The molecule has 0 unspecified atom stereocenters. The molecule has 1 amide bonds. The Morgan fingerprint density at radius 2 is 2.10 bits per heavy atom. The molecule has 30 heavy (non-hydrogen) atoms. The maximum absolute atomic E-state index is 13.0. The first-order valence-electron chi connectivity index (χ1n) is 9.95. The quantitative estimate of drug-likeness (QED) is 0.624. The minimum Gasteiger partial charge on any atom is -0.443 e. The average Bonchev–Trinajstić information content (AvgIpc) is 3.35. The van der Waals surface area contributed by atoms with Crippen molar-refractivity contribution in [3.63, 3.8) is 0 Å². The number of hydrogen-bond donors (Lipinski definition) is 0. The SMILES string of the molecule is Cc1cc(C)n(CC(=O)N2CCC[C@H]2c2ncc(Cc3ccccc3Cl)o2)c(=O)n1. The van der Waals surface area contributed by atoms with Crippen LogP contribution in [0.1, 0.15) is 47.5 Å². The lowest BCUT2D eigenvalue weighted by molar-refractivity contribution is -0.133. The smallest absolute Gasteiger partial charge is 0.348 e. The summed E-state index contributed by atoms with van der Waals surface area (Å²) in [7, 11) is 0. The predicted molar refractivity (Wildman–Crippen MR) is 112 cm³/mol. The first kappa shape index (κ1) is 20.3. The number of aryl methyl sites for hydroxylation is 2. The minimum absolute atomic E-state index is 0.0400. The van der Waals surface area contributed by atoms with Gasteiger partial charge >= 0.3 is 5.69 Å². The second-order valence-corrected chi connectivity index (χ2v) is 7.99. The van der Waals surface area contributed by atoms with Crippen LogP contribution in [-0.2, 0) is 17.8 Å². The Labute approximate surface area is 179 Å². The van der Waals surface area contributed by atoms with E-state index in [1.54, 1.807) is 31.0 Å². The van der Waals surface area contributed by atoms with E-state index in [0.29, 0.717) is 35.3 Å². The molecule has 1 aromatic carbocycles. The van der Waals surface area contributed by atoms with Crippen molar-refractivity contribution in [2.45, 2.75) is 45.7 Å². The van der Waals surface area contributed by atoms with E-state index in [1.807, 2.05) is 24.3 Å². The van der Waals surface area contributed by atoms with Gasteiger partial charge in [0.15, 0.2) is 0 Å². The number of oxazole rings is 1. The molecule has 0 saturated carbocycles. The van der Waals surface area contributed by atoms with E-state index in [9.17, 15) is 9.59 Å². The Morgan fingerprint density at radius 3 is 2.87 bits per heavy atom. The highest BCUT2D eigenvalue weighted by molar-refractivity contribution is 6.31. The van der Waals surface area contributed by atoms with Crippen LogP contribution in [0.3, 0.4) is 0 Å². The highest BCUT2D eigenvalue weighted by Crippen LogP contribution is 2.32. The molecule has 1 fully saturated rings. The number of halogens is 1. The van der Waals surface area contributed by atoms with Gasteiger partial charge in [-0.1, -0.05) is 29.8 Å². The number of nitrogens with zero attached hydrogens (tertiary/aromatic N) is 4. The van der Waals surface area contributed by atoms with Gasteiger partial charge in [-0.15, -0.1) is 0 Å². The normalized spacial score (nSPS) is 16.2.